The maximum Gasteiger partial charge on any atom is 0.253 e. The molecule has 24 heavy (non-hydrogen) atoms. The van der Waals surface area contributed by atoms with Crippen LogP contribution in [0.2, 0.25) is 5.02 Å². The van der Waals surface area contributed by atoms with Crippen molar-refractivity contribution in [3.8, 4) is 0 Å². The molecule has 1 atom stereocenters. The summed E-state index contributed by atoms with van der Waals surface area (Å²) in [4.78, 5) is 12.6. The number of benzene rings is 2. The number of hydrogen-bond acceptors (Lipinski definition) is 3. The summed E-state index contributed by atoms with van der Waals surface area (Å²) in [6.07, 6.45) is 1.76. The van der Waals surface area contributed by atoms with Crippen molar-refractivity contribution in [3.05, 3.63) is 64.7 Å². The predicted octanol–water partition coefficient (Wildman–Crippen LogP) is 3.59. The maximum atomic E-state index is 12.6. The van der Waals surface area contributed by atoms with Crippen molar-refractivity contribution in [3.63, 3.8) is 0 Å². The van der Waals surface area contributed by atoms with Crippen molar-refractivity contribution in [2.75, 3.05) is 11.0 Å². The fraction of sp³-hybridized carbons (Fsp3) is 0.235. The predicted molar refractivity (Wildman–Crippen MR) is 96.9 cm³/mol. The molecule has 1 unspecified atom stereocenters. The second kappa shape index (κ2) is 7.68. The normalized spacial score (nSPS) is 12.5. The van der Waals surface area contributed by atoms with Gasteiger partial charge in [0.05, 0.1) is 22.9 Å². The molecule has 128 valence electrons. The zero-order chi connectivity index (χ0) is 17.7. The van der Waals surface area contributed by atoms with Gasteiger partial charge >= 0.3 is 0 Å². The van der Waals surface area contributed by atoms with Gasteiger partial charge in [-0.3, -0.25) is 9.52 Å². The molecule has 0 aliphatic carbocycles. The van der Waals surface area contributed by atoms with Crippen LogP contribution < -0.4 is 10.0 Å². The molecule has 2 aromatic rings. The van der Waals surface area contributed by atoms with E-state index in [0.29, 0.717) is 12.1 Å². The fourth-order valence-corrected chi connectivity index (χ4v) is 3.08. The Hall–Kier alpha value is -2.05. The molecule has 2 N–H and O–H groups in total. The average Bonchev–Trinajstić information content (AvgIpc) is 2.53. The molecule has 0 heterocycles. The van der Waals surface area contributed by atoms with Crippen LogP contribution in [0.15, 0.2) is 48.5 Å². The van der Waals surface area contributed by atoms with Crippen LogP contribution >= 0.6 is 11.6 Å². The number of halogens is 1. The van der Waals surface area contributed by atoms with Gasteiger partial charge in [0.1, 0.15) is 0 Å². The van der Waals surface area contributed by atoms with Crippen LogP contribution in [0, 0.1) is 0 Å². The van der Waals surface area contributed by atoms with E-state index in [2.05, 4.69) is 10.0 Å². The minimum Gasteiger partial charge on any atom is -0.345 e. The second-order valence-electron chi connectivity index (χ2n) is 5.41. The SMILES string of the molecule is CCC(NC(=O)c1cc(NS(C)(=O)=O)ccc1Cl)c1ccccc1. The van der Waals surface area contributed by atoms with Crippen molar-refractivity contribution < 1.29 is 13.2 Å². The van der Waals surface area contributed by atoms with Gasteiger partial charge in [0.15, 0.2) is 0 Å². The van der Waals surface area contributed by atoms with Gasteiger partial charge in [0.25, 0.3) is 5.91 Å². The summed E-state index contributed by atoms with van der Waals surface area (Å²) in [5, 5.41) is 3.19. The Bertz CT molecular complexity index is 823. The third-order valence-corrected chi connectivity index (χ3v) is 4.37. The van der Waals surface area contributed by atoms with Crippen molar-refractivity contribution in [2.45, 2.75) is 19.4 Å². The third kappa shape index (κ3) is 4.97. The van der Waals surface area contributed by atoms with Crippen molar-refractivity contribution >= 4 is 33.2 Å². The molecule has 0 bridgehead atoms. The van der Waals surface area contributed by atoms with E-state index in [0.717, 1.165) is 11.8 Å². The van der Waals surface area contributed by atoms with Crippen molar-refractivity contribution in [1.82, 2.24) is 5.32 Å². The number of carbonyl (C=O) groups excluding carboxylic acids is 1. The number of anilines is 1. The molecule has 0 saturated carbocycles. The topological polar surface area (TPSA) is 75.3 Å². The van der Waals surface area contributed by atoms with Gasteiger partial charge in [-0.05, 0) is 30.2 Å². The van der Waals surface area contributed by atoms with Gasteiger partial charge in [0.2, 0.25) is 10.0 Å². The van der Waals surface area contributed by atoms with Crippen LogP contribution in [0.3, 0.4) is 0 Å². The number of sulfonamides is 1. The summed E-state index contributed by atoms with van der Waals surface area (Å²) in [5.74, 6) is -0.354. The van der Waals surface area contributed by atoms with Gasteiger partial charge in [-0.2, -0.15) is 0 Å². The van der Waals surface area contributed by atoms with E-state index in [9.17, 15) is 13.2 Å². The van der Waals surface area contributed by atoms with E-state index < -0.39 is 10.0 Å². The summed E-state index contributed by atoms with van der Waals surface area (Å²) in [7, 11) is -3.43. The van der Waals surface area contributed by atoms with E-state index in [4.69, 9.17) is 11.6 Å². The summed E-state index contributed by atoms with van der Waals surface area (Å²) >= 11 is 6.10. The Labute approximate surface area is 147 Å². The molecule has 0 radical (unpaired) electrons. The lowest BCUT2D eigenvalue weighted by Gasteiger charge is -2.18. The zero-order valence-electron chi connectivity index (χ0n) is 13.4. The fourth-order valence-electron chi connectivity index (χ4n) is 2.32. The molecule has 5 nitrogen and oxygen atoms in total. The standard InChI is InChI=1S/C17H19ClN2O3S/c1-3-16(12-7-5-4-6-8-12)19-17(21)14-11-13(9-10-15(14)18)20-24(2,22)23/h4-11,16,20H,3H2,1-2H3,(H,19,21). The lowest BCUT2D eigenvalue weighted by Crippen LogP contribution is -2.28. The van der Waals surface area contributed by atoms with Gasteiger partial charge in [-0.25, -0.2) is 8.42 Å². The molecule has 0 aliphatic rings. The van der Waals surface area contributed by atoms with E-state index in [1.807, 2.05) is 37.3 Å². The molecule has 0 spiro atoms. The number of amides is 1. The Morgan fingerprint density at radius 2 is 1.83 bits per heavy atom. The van der Waals surface area contributed by atoms with Crippen LogP contribution in [0.25, 0.3) is 0 Å². The highest BCUT2D eigenvalue weighted by Crippen LogP contribution is 2.23. The van der Waals surface area contributed by atoms with E-state index in [1.165, 1.54) is 18.2 Å². The second-order valence-corrected chi connectivity index (χ2v) is 7.57. The molecular weight excluding hydrogens is 348 g/mol. The summed E-state index contributed by atoms with van der Waals surface area (Å²) in [6.45, 7) is 1.97. The van der Waals surface area contributed by atoms with Crippen molar-refractivity contribution in [2.24, 2.45) is 0 Å². The molecule has 7 heteroatoms. The monoisotopic (exact) mass is 366 g/mol. The third-order valence-electron chi connectivity index (χ3n) is 3.43. The van der Waals surface area contributed by atoms with Gasteiger partial charge < -0.3 is 5.32 Å². The lowest BCUT2D eigenvalue weighted by molar-refractivity contribution is 0.0935. The Morgan fingerprint density at radius 3 is 2.42 bits per heavy atom. The first-order valence-corrected chi connectivity index (χ1v) is 9.70. The maximum absolute atomic E-state index is 12.6. The molecule has 2 rings (SSSR count). The number of rotatable bonds is 6. The first-order valence-electron chi connectivity index (χ1n) is 7.43. The molecule has 0 aliphatic heterocycles. The number of hydrogen-bond donors (Lipinski definition) is 2. The molecule has 2 aromatic carbocycles. The average molecular weight is 367 g/mol. The number of carbonyl (C=O) groups is 1. The Kier molecular flexibility index (Phi) is 5.85. The highest BCUT2D eigenvalue weighted by molar-refractivity contribution is 7.92. The van der Waals surface area contributed by atoms with E-state index in [1.54, 1.807) is 0 Å². The molecule has 0 fully saturated rings. The van der Waals surface area contributed by atoms with Gasteiger partial charge in [-0.1, -0.05) is 48.9 Å². The van der Waals surface area contributed by atoms with E-state index in [-0.39, 0.29) is 22.5 Å². The van der Waals surface area contributed by atoms with Gasteiger partial charge in [0, 0.05) is 5.69 Å². The summed E-state index contributed by atoms with van der Waals surface area (Å²) < 4.78 is 25.0. The molecule has 0 aromatic heterocycles. The molecule has 1 amide bonds. The van der Waals surface area contributed by atoms with Gasteiger partial charge in [-0.15, -0.1) is 0 Å². The quantitative estimate of drug-likeness (QED) is 0.820. The van der Waals surface area contributed by atoms with E-state index >= 15 is 0 Å². The zero-order valence-corrected chi connectivity index (χ0v) is 15.0. The highest BCUT2D eigenvalue weighted by Gasteiger charge is 2.17. The number of nitrogens with one attached hydrogen (secondary N) is 2. The minimum atomic E-state index is -3.43. The minimum absolute atomic E-state index is 0.152. The van der Waals surface area contributed by atoms with Crippen LogP contribution in [0.1, 0.15) is 35.3 Å². The van der Waals surface area contributed by atoms with Crippen LogP contribution in [0.4, 0.5) is 5.69 Å². The lowest BCUT2D eigenvalue weighted by atomic mass is 10.0. The summed E-state index contributed by atoms with van der Waals surface area (Å²) in [5.41, 5.74) is 1.51. The van der Waals surface area contributed by atoms with Crippen LogP contribution in [-0.4, -0.2) is 20.6 Å². The largest absolute Gasteiger partial charge is 0.345 e. The highest BCUT2D eigenvalue weighted by atomic mass is 35.5. The van der Waals surface area contributed by atoms with Crippen LogP contribution in [-0.2, 0) is 10.0 Å². The summed E-state index contributed by atoms with van der Waals surface area (Å²) in [6, 6.07) is 13.9. The van der Waals surface area contributed by atoms with Crippen LogP contribution in [0.5, 0.6) is 0 Å². The Balaban J connectivity index is 2.24. The smallest absolute Gasteiger partial charge is 0.253 e. The molecular formula is C17H19ClN2O3S. The molecule has 0 saturated heterocycles. The van der Waals surface area contributed by atoms with Crippen molar-refractivity contribution in [1.29, 1.82) is 0 Å². The Morgan fingerprint density at radius 1 is 1.17 bits per heavy atom. The first kappa shape index (κ1) is 18.3. The first-order chi connectivity index (χ1) is 11.3.